The van der Waals surface area contributed by atoms with Crippen LogP contribution in [0.25, 0.3) is 0 Å². The molecule has 3 N–H and O–H groups in total. The maximum Gasteiger partial charge on any atom is 0.258 e. The SMILES string of the molecule is CC(C)C(C)(CN)NC(=O)COc1cc(Cl)ccc1Cl. The Kier molecular flexibility index (Phi) is 6.11. The van der Waals surface area contributed by atoms with Crippen LogP contribution in [0.2, 0.25) is 10.0 Å². The van der Waals surface area contributed by atoms with E-state index >= 15 is 0 Å². The summed E-state index contributed by atoms with van der Waals surface area (Å²) in [4.78, 5) is 11.9. The normalized spacial score (nSPS) is 13.9. The zero-order chi connectivity index (χ0) is 15.3. The van der Waals surface area contributed by atoms with Gasteiger partial charge in [0.2, 0.25) is 0 Å². The molecule has 0 spiro atoms. The van der Waals surface area contributed by atoms with Crippen molar-refractivity contribution in [2.75, 3.05) is 13.2 Å². The highest BCUT2D eigenvalue weighted by atomic mass is 35.5. The van der Waals surface area contributed by atoms with Crippen LogP contribution in [0.1, 0.15) is 20.8 Å². The number of ether oxygens (including phenoxy) is 1. The third-order valence-corrected chi connectivity index (χ3v) is 3.92. The molecule has 1 aromatic rings. The van der Waals surface area contributed by atoms with E-state index in [-0.39, 0.29) is 18.4 Å². The van der Waals surface area contributed by atoms with E-state index in [1.54, 1.807) is 18.2 Å². The summed E-state index contributed by atoms with van der Waals surface area (Å²) >= 11 is 11.8. The van der Waals surface area contributed by atoms with Crippen LogP contribution in [0.15, 0.2) is 18.2 Å². The molecule has 1 unspecified atom stereocenters. The molecular weight excluding hydrogens is 299 g/mol. The molecule has 0 bridgehead atoms. The first-order valence-electron chi connectivity index (χ1n) is 6.37. The van der Waals surface area contributed by atoms with Gasteiger partial charge in [-0.2, -0.15) is 0 Å². The Morgan fingerprint density at radius 1 is 1.45 bits per heavy atom. The predicted molar refractivity (Wildman–Crippen MR) is 82.4 cm³/mol. The second kappa shape index (κ2) is 7.16. The molecule has 0 aliphatic rings. The van der Waals surface area contributed by atoms with Crippen LogP contribution in [0.3, 0.4) is 0 Å². The zero-order valence-corrected chi connectivity index (χ0v) is 13.4. The van der Waals surface area contributed by atoms with Crippen molar-refractivity contribution in [3.63, 3.8) is 0 Å². The van der Waals surface area contributed by atoms with Gasteiger partial charge in [-0.15, -0.1) is 0 Å². The summed E-state index contributed by atoms with van der Waals surface area (Å²) in [6.45, 7) is 6.13. The lowest BCUT2D eigenvalue weighted by Gasteiger charge is -2.33. The quantitative estimate of drug-likeness (QED) is 0.847. The number of halogens is 2. The molecule has 0 saturated heterocycles. The fraction of sp³-hybridized carbons (Fsp3) is 0.500. The Labute approximate surface area is 129 Å². The summed E-state index contributed by atoms with van der Waals surface area (Å²) in [6.07, 6.45) is 0. The highest BCUT2D eigenvalue weighted by molar-refractivity contribution is 6.34. The van der Waals surface area contributed by atoms with Crippen LogP contribution in [-0.2, 0) is 4.79 Å². The van der Waals surface area contributed by atoms with E-state index in [0.717, 1.165) is 0 Å². The number of carbonyl (C=O) groups excluding carboxylic acids is 1. The summed E-state index contributed by atoms with van der Waals surface area (Å²) in [5.41, 5.74) is 5.25. The third-order valence-electron chi connectivity index (χ3n) is 3.38. The zero-order valence-electron chi connectivity index (χ0n) is 11.9. The van der Waals surface area contributed by atoms with E-state index < -0.39 is 5.54 Å². The second-order valence-electron chi connectivity index (χ2n) is 5.19. The van der Waals surface area contributed by atoms with Gasteiger partial charge in [0.1, 0.15) is 5.75 Å². The van der Waals surface area contributed by atoms with Crippen molar-refractivity contribution in [2.24, 2.45) is 11.7 Å². The van der Waals surface area contributed by atoms with Gasteiger partial charge in [-0.05, 0) is 25.0 Å². The average Bonchev–Trinajstić information content (AvgIpc) is 2.39. The Balaban J connectivity index is 2.62. The Morgan fingerprint density at radius 3 is 2.65 bits per heavy atom. The van der Waals surface area contributed by atoms with Gasteiger partial charge in [-0.1, -0.05) is 37.0 Å². The van der Waals surface area contributed by atoms with Gasteiger partial charge in [-0.25, -0.2) is 0 Å². The van der Waals surface area contributed by atoms with Gasteiger partial charge in [0.15, 0.2) is 6.61 Å². The Morgan fingerprint density at radius 2 is 2.10 bits per heavy atom. The van der Waals surface area contributed by atoms with Gasteiger partial charge >= 0.3 is 0 Å². The van der Waals surface area contributed by atoms with Gasteiger partial charge < -0.3 is 15.8 Å². The van der Waals surface area contributed by atoms with Crippen LogP contribution in [0.5, 0.6) is 5.75 Å². The summed E-state index contributed by atoms with van der Waals surface area (Å²) in [5.74, 6) is 0.349. The minimum Gasteiger partial charge on any atom is -0.482 e. The van der Waals surface area contributed by atoms with Crippen molar-refractivity contribution in [1.82, 2.24) is 5.32 Å². The topological polar surface area (TPSA) is 64.3 Å². The van der Waals surface area contributed by atoms with Crippen molar-refractivity contribution < 1.29 is 9.53 Å². The fourth-order valence-electron chi connectivity index (χ4n) is 1.52. The molecule has 1 amide bonds. The highest BCUT2D eigenvalue weighted by Gasteiger charge is 2.28. The highest BCUT2D eigenvalue weighted by Crippen LogP contribution is 2.27. The summed E-state index contributed by atoms with van der Waals surface area (Å²) in [5, 5.41) is 3.79. The Bertz CT molecular complexity index is 480. The molecule has 0 radical (unpaired) electrons. The number of rotatable bonds is 6. The van der Waals surface area contributed by atoms with Crippen molar-refractivity contribution in [3.8, 4) is 5.75 Å². The van der Waals surface area contributed by atoms with E-state index in [1.807, 2.05) is 20.8 Å². The maximum absolute atomic E-state index is 11.9. The number of nitrogens with two attached hydrogens (primary N) is 1. The van der Waals surface area contributed by atoms with E-state index in [2.05, 4.69) is 5.32 Å². The summed E-state index contributed by atoms with van der Waals surface area (Å²) < 4.78 is 5.38. The van der Waals surface area contributed by atoms with Crippen LogP contribution < -0.4 is 15.8 Å². The smallest absolute Gasteiger partial charge is 0.258 e. The molecule has 1 aromatic carbocycles. The molecular formula is C14H20Cl2N2O2. The van der Waals surface area contributed by atoms with Gasteiger partial charge in [0.25, 0.3) is 5.91 Å². The molecule has 1 atom stereocenters. The molecule has 1 rings (SSSR count). The number of benzene rings is 1. The van der Waals surface area contributed by atoms with Crippen molar-refractivity contribution in [2.45, 2.75) is 26.3 Å². The largest absolute Gasteiger partial charge is 0.482 e. The first-order chi connectivity index (χ1) is 9.28. The van der Waals surface area contributed by atoms with E-state index in [1.165, 1.54) is 0 Å². The van der Waals surface area contributed by atoms with Crippen LogP contribution in [0, 0.1) is 5.92 Å². The molecule has 4 nitrogen and oxygen atoms in total. The molecule has 0 fully saturated rings. The standard InChI is InChI=1S/C14H20Cl2N2O2/c1-9(2)14(3,8-17)18-13(19)7-20-12-6-10(15)4-5-11(12)16/h4-6,9H,7-8,17H2,1-3H3,(H,18,19). The summed E-state index contributed by atoms with van der Waals surface area (Å²) in [6, 6.07) is 4.85. The number of hydrogen-bond donors (Lipinski definition) is 2. The molecule has 6 heteroatoms. The number of nitrogens with one attached hydrogen (secondary N) is 1. The van der Waals surface area contributed by atoms with Crippen molar-refractivity contribution >= 4 is 29.1 Å². The fourth-order valence-corrected chi connectivity index (χ4v) is 1.85. The average molecular weight is 319 g/mol. The van der Waals surface area contributed by atoms with Gasteiger partial charge in [0.05, 0.1) is 10.6 Å². The molecule has 0 aromatic heterocycles. The van der Waals surface area contributed by atoms with E-state index in [9.17, 15) is 4.79 Å². The lowest BCUT2D eigenvalue weighted by molar-refractivity contribution is -0.125. The molecule has 0 heterocycles. The minimum atomic E-state index is -0.460. The molecule has 20 heavy (non-hydrogen) atoms. The molecule has 0 aliphatic carbocycles. The lowest BCUT2D eigenvalue weighted by Crippen LogP contribution is -2.56. The Hall–Kier alpha value is -0.970. The second-order valence-corrected chi connectivity index (χ2v) is 6.03. The van der Waals surface area contributed by atoms with Crippen LogP contribution >= 0.6 is 23.2 Å². The van der Waals surface area contributed by atoms with Crippen LogP contribution in [-0.4, -0.2) is 24.6 Å². The summed E-state index contributed by atoms with van der Waals surface area (Å²) in [7, 11) is 0. The molecule has 0 aliphatic heterocycles. The first kappa shape index (κ1) is 17.1. The molecule has 112 valence electrons. The number of hydrogen-bond acceptors (Lipinski definition) is 3. The van der Waals surface area contributed by atoms with Crippen LogP contribution in [0.4, 0.5) is 0 Å². The van der Waals surface area contributed by atoms with E-state index in [4.69, 9.17) is 33.7 Å². The maximum atomic E-state index is 11.9. The van der Waals surface area contributed by atoms with Gasteiger partial charge in [0, 0.05) is 17.6 Å². The molecule has 0 saturated carbocycles. The van der Waals surface area contributed by atoms with E-state index in [0.29, 0.717) is 22.3 Å². The lowest BCUT2D eigenvalue weighted by atomic mass is 9.88. The van der Waals surface area contributed by atoms with Crippen molar-refractivity contribution in [3.05, 3.63) is 28.2 Å². The van der Waals surface area contributed by atoms with Crippen molar-refractivity contribution in [1.29, 1.82) is 0 Å². The minimum absolute atomic E-state index is 0.137. The first-order valence-corrected chi connectivity index (χ1v) is 7.13. The third kappa shape index (κ3) is 4.54. The van der Waals surface area contributed by atoms with Gasteiger partial charge in [-0.3, -0.25) is 4.79 Å². The predicted octanol–water partition coefficient (Wildman–Crippen LogP) is 2.86. The monoisotopic (exact) mass is 318 g/mol. The number of carbonyl (C=O) groups is 1. The number of amides is 1.